The van der Waals surface area contributed by atoms with Crippen molar-refractivity contribution in [3.63, 3.8) is 0 Å². The Morgan fingerprint density at radius 3 is 1.59 bits per heavy atom. The molecule has 0 aliphatic heterocycles. The smallest absolute Gasteiger partial charge is 0.0728 e. The molecular formula is C21H44O. The summed E-state index contributed by atoms with van der Waals surface area (Å²) in [6.45, 7) is 14.9. The third-order valence-electron chi connectivity index (χ3n) is 5.24. The standard InChI is InChI=1S/C21H44O/c1-7-9-11-12-13-14-15-17-21(19(3)4,20(5)6)22-18-16-10-8-2/h19-20H,7-18H2,1-6H3. The molecule has 134 valence electrons. The van der Waals surface area contributed by atoms with Crippen molar-refractivity contribution in [1.29, 1.82) is 0 Å². The van der Waals surface area contributed by atoms with Gasteiger partial charge < -0.3 is 4.74 Å². The molecule has 0 saturated carbocycles. The molecule has 0 aromatic rings. The van der Waals surface area contributed by atoms with E-state index in [1.54, 1.807) is 0 Å². The van der Waals surface area contributed by atoms with Crippen molar-refractivity contribution in [3.8, 4) is 0 Å². The van der Waals surface area contributed by atoms with Crippen LogP contribution >= 0.6 is 0 Å². The largest absolute Gasteiger partial charge is 0.374 e. The molecule has 0 rings (SSSR count). The van der Waals surface area contributed by atoms with Crippen LogP contribution < -0.4 is 0 Å². The first-order valence-electron chi connectivity index (χ1n) is 10.1. The van der Waals surface area contributed by atoms with Crippen molar-refractivity contribution in [2.75, 3.05) is 6.61 Å². The second-order valence-corrected chi connectivity index (χ2v) is 7.69. The lowest BCUT2D eigenvalue weighted by Gasteiger charge is -2.42. The summed E-state index contributed by atoms with van der Waals surface area (Å²) < 4.78 is 6.50. The van der Waals surface area contributed by atoms with Gasteiger partial charge in [0.25, 0.3) is 0 Å². The zero-order chi connectivity index (χ0) is 16.8. The fraction of sp³-hybridized carbons (Fsp3) is 1.00. The molecule has 0 aliphatic rings. The lowest BCUT2D eigenvalue weighted by atomic mass is 9.76. The molecule has 0 aromatic heterocycles. The number of hydrogen-bond acceptors (Lipinski definition) is 1. The van der Waals surface area contributed by atoms with E-state index in [1.165, 1.54) is 70.6 Å². The second kappa shape index (κ2) is 13.4. The quantitative estimate of drug-likeness (QED) is 0.286. The molecule has 0 spiro atoms. The molecule has 0 bridgehead atoms. The lowest BCUT2D eigenvalue weighted by Crippen LogP contribution is -2.44. The van der Waals surface area contributed by atoms with Crippen molar-refractivity contribution in [3.05, 3.63) is 0 Å². The minimum absolute atomic E-state index is 0.0944. The summed E-state index contributed by atoms with van der Waals surface area (Å²) in [6.07, 6.45) is 14.7. The van der Waals surface area contributed by atoms with Gasteiger partial charge in [-0.25, -0.2) is 0 Å². The van der Waals surface area contributed by atoms with E-state index in [-0.39, 0.29) is 5.60 Å². The van der Waals surface area contributed by atoms with Gasteiger partial charge >= 0.3 is 0 Å². The molecule has 0 atom stereocenters. The molecule has 0 N–H and O–H groups in total. The highest BCUT2D eigenvalue weighted by atomic mass is 16.5. The molecule has 0 unspecified atom stereocenters. The van der Waals surface area contributed by atoms with E-state index in [4.69, 9.17) is 4.74 Å². The number of hydrogen-bond donors (Lipinski definition) is 0. The van der Waals surface area contributed by atoms with E-state index in [2.05, 4.69) is 41.5 Å². The average Bonchev–Trinajstić information content (AvgIpc) is 2.47. The summed E-state index contributed by atoms with van der Waals surface area (Å²) in [5.74, 6) is 1.21. The Kier molecular flexibility index (Phi) is 13.4. The van der Waals surface area contributed by atoms with Gasteiger partial charge in [0.05, 0.1) is 5.60 Å². The van der Waals surface area contributed by atoms with Crippen LogP contribution in [0.25, 0.3) is 0 Å². The minimum atomic E-state index is 0.0944. The minimum Gasteiger partial charge on any atom is -0.374 e. The van der Waals surface area contributed by atoms with Crippen LogP contribution in [0.15, 0.2) is 0 Å². The fourth-order valence-electron chi connectivity index (χ4n) is 3.62. The van der Waals surface area contributed by atoms with Gasteiger partial charge in [0, 0.05) is 6.61 Å². The first kappa shape index (κ1) is 22.0. The maximum atomic E-state index is 6.50. The predicted molar refractivity (Wildman–Crippen MR) is 100 cm³/mol. The zero-order valence-electron chi connectivity index (χ0n) is 16.5. The van der Waals surface area contributed by atoms with Crippen LogP contribution in [-0.4, -0.2) is 12.2 Å². The molecule has 0 radical (unpaired) electrons. The normalized spacial score (nSPS) is 12.5. The van der Waals surface area contributed by atoms with E-state index in [0.717, 1.165) is 6.61 Å². The van der Waals surface area contributed by atoms with Crippen molar-refractivity contribution in [2.45, 2.75) is 118 Å². The van der Waals surface area contributed by atoms with E-state index in [9.17, 15) is 0 Å². The highest BCUT2D eigenvalue weighted by Gasteiger charge is 2.37. The van der Waals surface area contributed by atoms with E-state index < -0.39 is 0 Å². The SMILES string of the molecule is CCCCCCCCCC(OCCCCC)(C(C)C)C(C)C. The van der Waals surface area contributed by atoms with Crippen LogP contribution in [-0.2, 0) is 4.74 Å². The first-order valence-corrected chi connectivity index (χ1v) is 10.1. The predicted octanol–water partition coefficient (Wildman–Crippen LogP) is 7.38. The Hall–Kier alpha value is -0.0400. The summed E-state index contributed by atoms with van der Waals surface area (Å²) in [5.41, 5.74) is 0.0944. The second-order valence-electron chi connectivity index (χ2n) is 7.69. The molecule has 0 fully saturated rings. The Balaban J connectivity index is 4.22. The molecule has 0 aliphatic carbocycles. The zero-order valence-corrected chi connectivity index (χ0v) is 16.5. The summed E-state index contributed by atoms with van der Waals surface area (Å²) in [4.78, 5) is 0. The van der Waals surface area contributed by atoms with E-state index in [1.807, 2.05) is 0 Å². The summed E-state index contributed by atoms with van der Waals surface area (Å²) >= 11 is 0. The lowest BCUT2D eigenvalue weighted by molar-refractivity contribution is -0.117. The molecule has 1 nitrogen and oxygen atoms in total. The van der Waals surface area contributed by atoms with E-state index in [0.29, 0.717) is 11.8 Å². The fourth-order valence-corrected chi connectivity index (χ4v) is 3.62. The third-order valence-corrected chi connectivity index (χ3v) is 5.24. The molecule has 0 amide bonds. The van der Waals surface area contributed by atoms with Crippen molar-refractivity contribution in [2.24, 2.45) is 11.8 Å². The first-order chi connectivity index (χ1) is 10.5. The number of unbranched alkanes of at least 4 members (excludes halogenated alkanes) is 8. The van der Waals surface area contributed by atoms with Gasteiger partial charge in [0.15, 0.2) is 0 Å². The summed E-state index contributed by atoms with van der Waals surface area (Å²) in [7, 11) is 0. The van der Waals surface area contributed by atoms with Crippen LogP contribution in [0.2, 0.25) is 0 Å². The highest BCUT2D eigenvalue weighted by Crippen LogP contribution is 2.36. The monoisotopic (exact) mass is 312 g/mol. The Morgan fingerprint density at radius 2 is 1.09 bits per heavy atom. The van der Waals surface area contributed by atoms with Crippen molar-refractivity contribution >= 4 is 0 Å². The Labute approximate surface area is 141 Å². The van der Waals surface area contributed by atoms with Gasteiger partial charge in [-0.05, 0) is 24.7 Å². The average molecular weight is 313 g/mol. The van der Waals surface area contributed by atoms with Gasteiger partial charge in [-0.15, -0.1) is 0 Å². The number of ether oxygens (including phenoxy) is 1. The van der Waals surface area contributed by atoms with Gasteiger partial charge in [-0.2, -0.15) is 0 Å². The van der Waals surface area contributed by atoms with Gasteiger partial charge in [0.1, 0.15) is 0 Å². The van der Waals surface area contributed by atoms with Crippen LogP contribution in [0.3, 0.4) is 0 Å². The van der Waals surface area contributed by atoms with Crippen molar-refractivity contribution < 1.29 is 4.74 Å². The van der Waals surface area contributed by atoms with Crippen LogP contribution in [0.5, 0.6) is 0 Å². The number of rotatable bonds is 15. The Bertz CT molecular complexity index is 224. The maximum absolute atomic E-state index is 6.50. The van der Waals surface area contributed by atoms with Gasteiger partial charge in [-0.3, -0.25) is 0 Å². The van der Waals surface area contributed by atoms with Crippen molar-refractivity contribution in [1.82, 2.24) is 0 Å². The molecule has 1 heteroatoms. The maximum Gasteiger partial charge on any atom is 0.0728 e. The summed E-state index contributed by atoms with van der Waals surface area (Å²) in [5, 5.41) is 0. The molecule has 22 heavy (non-hydrogen) atoms. The topological polar surface area (TPSA) is 9.23 Å². The van der Waals surface area contributed by atoms with Gasteiger partial charge in [-0.1, -0.05) is 99.3 Å². The van der Waals surface area contributed by atoms with Crippen LogP contribution in [0.4, 0.5) is 0 Å². The Morgan fingerprint density at radius 1 is 0.636 bits per heavy atom. The van der Waals surface area contributed by atoms with Gasteiger partial charge in [0.2, 0.25) is 0 Å². The summed E-state index contributed by atoms with van der Waals surface area (Å²) in [6, 6.07) is 0. The van der Waals surface area contributed by atoms with Crippen LogP contribution in [0.1, 0.15) is 112 Å². The van der Waals surface area contributed by atoms with Crippen LogP contribution in [0, 0.1) is 11.8 Å². The molecule has 0 saturated heterocycles. The molecule has 0 aromatic carbocycles. The third kappa shape index (κ3) is 8.56. The molecular weight excluding hydrogens is 268 g/mol. The molecule has 0 heterocycles. The highest BCUT2D eigenvalue weighted by molar-refractivity contribution is 4.87. The van der Waals surface area contributed by atoms with E-state index >= 15 is 0 Å².